The summed E-state index contributed by atoms with van der Waals surface area (Å²) in [6.45, 7) is 2.06. The smallest absolute Gasteiger partial charge is 0.254 e. The van der Waals surface area contributed by atoms with Gasteiger partial charge in [-0.25, -0.2) is 8.78 Å². The van der Waals surface area contributed by atoms with Crippen molar-refractivity contribution in [3.63, 3.8) is 0 Å². The summed E-state index contributed by atoms with van der Waals surface area (Å²) in [5, 5.41) is 2.35. The van der Waals surface area contributed by atoms with E-state index < -0.39 is 23.1 Å². The van der Waals surface area contributed by atoms with Crippen molar-refractivity contribution in [1.29, 1.82) is 0 Å². The molecule has 1 atom stereocenters. The van der Waals surface area contributed by atoms with Crippen molar-refractivity contribution in [2.24, 2.45) is 11.7 Å². The summed E-state index contributed by atoms with van der Waals surface area (Å²) in [4.78, 5) is 12.0. The molecule has 3 N–H and O–H groups in total. The predicted molar refractivity (Wildman–Crippen MR) is 76.3 cm³/mol. The van der Waals surface area contributed by atoms with Crippen LogP contribution in [-0.4, -0.2) is 18.0 Å². The lowest BCUT2D eigenvalue weighted by Crippen LogP contribution is -2.53. The quantitative estimate of drug-likeness (QED) is 0.837. The summed E-state index contributed by atoms with van der Waals surface area (Å²) in [5.41, 5.74) is 4.72. The lowest BCUT2D eigenvalue weighted by Gasteiger charge is -2.29. The van der Waals surface area contributed by atoms with Gasteiger partial charge < -0.3 is 11.1 Å². The molecule has 7 heteroatoms. The molecule has 1 aromatic carbocycles. The minimum absolute atomic E-state index is 0. The van der Waals surface area contributed by atoms with Gasteiger partial charge in [-0.3, -0.25) is 4.79 Å². The molecule has 1 unspecified atom stereocenters. The van der Waals surface area contributed by atoms with Gasteiger partial charge in [0.05, 0.1) is 16.1 Å². The first-order valence-electron chi connectivity index (χ1n) is 6.04. The van der Waals surface area contributed by atoms with E-state index in [2.05, 4.69) is 5.32 Å². The molecule has 0 bridgehead atoms. The van der Waals surface area contributed by atoms with Crippen LogP contribution in [0.5, 0.6) is 0 Å². The maximum Gasteiger partial charge on any atom is 0.254 e. The number of amides is 1. The summed E-state index contributed by atoms with van der Waals surface area (Å²) >= 11 is 5.44. The molecule has 3 nitrogen and oxygen atoms in total. The number of hydrogen-bond acceptors (Lipinski definition) is 2. The van der Waals surface area contributed by atoms with Crippen molar-refractivity contribution in [1.82, 2.24) is 5.32 Å². The number of nitrogens with two attached hydrogens (primary N) is 1. The van der Waals surface area contributed by atoms with Gasteiger partial charge in [-0.1, -0.05) is 11.6 Å². The molecular formula is C13H16Cl2F2N2O. The van der Waals surface area contributed by atoms with Gasteiger partial charge in [0.2, 0.25) is 0 Å². The summed E-state index contributed by atoms with van der Waals surface area (Å²) in [6.07, 6.45) is 1.96. The number of nitrogens with one attached hydrogen (secondary N) is 1. The van der Waals surface area contributed by atoms with Crippen molar-refractivity contribution in [2.45, 2.75) is 25.3 Å². The summed E-state index contributed by atoms with van der Waals surface area (Å²) in [7, 11) is 0. The van der Waals surface area contributed by atoms with Crippen LogP contribution in [0.3, 0.4) is 0 Å². The topological polar surface area (TPSA) is 55.1 Å². The molecule has 1 aliphatic rings. The average Bonchev–Trinajstić information content (AvgIpc) is 3.17. The maximum atomic E-state index is 13.6. The Morgan fingerprint density at radius 2 is 2.05 bits per heavy atom. The van der Waals surface area contributed by atoms with E-state index in [0.29, 0.717) is 5.92 Å². The van der Waals surface area contributed by atoms with Gasteiger partial charge in [0.1, 0.15) is 11.6 Å². The van der Waals surface area contributed by atoms with Crippen molar-refractivity contribution >= 4 is 29.9 Å². The second-order valence-corrected chi connectivity index (χ2v) is 5.50. The van der Waals surface area contributed by atoms with E-state index in [1.807, 2.05) is 6.92 Å². The Balaban J connectivity index is 0.00000200. The molecule has 1 amide bonds. The average molecular weight is 325 g/mol. The zero-order valence-electron chi connectivity index (χ0n) is 10.9. The van der Waals surface area contributed by atoms with Crippen LogP contribution in [0.15, 0.2) is 12.1 Å². The van der Waals surface area contributed by atoms with Crippen LogP contribution < -0.4 is 11.1 Å². The first-order valence-corrected chi connectivity index (χ1v) is 6.42. The molecular weight excluding hydrogens is 309 g/mol. The highest BCUT2D eigenvalue weighted by atomic mass is 35.5. The van der Waals surface area contributed by atoms with Crippen molar-refractivity contribution in [3.8, 4) is 0 Å². The van der Waals surface area contributed by atoms with Crippen molar-refractivity contribution in [2.75, 3.05) is 6.54 Å². The highest BCUT2D eigenvalue weighted by molar-refractivity contribution is 6.30. The zero-order chi connectivity index (χ0) is 14.2. The molecule has 0 aromatic heterocycles. The Kier molecular flexibility index (Phi) is 5.35. The SMILES string of the molecule is CC(CN)(NC(=O)c1cc(F)c(Cl)cc1F)C1CC1.Cl. The second-order valence-electron chi connectivity index (χ2n) is 5.10. The van der Waals surface area contributed by atoms with E-state index in [-0.39, 0.29) is 29.5 Å². The van der Waals surface area contributed by atoms with E-state index >= 15 is 0 Å². The Morgan fingerprint density at radius 1 is 1.45 bits per heavy atom. The van der Waals surface area contributed by atoms with Crippen molar-refractivity contribution in [3.05, 3.63) is 34.4 Å². The van der Waals surface area contributed by atoms with E-state index in [9.17, 15) is 13.6 Å². The Morgan fingerprint density at radius 3 is 2.55 bits per heavy atom. The third kappa shape index (κ3) is 3.40. The highest BCUT2D eigenvalue weighted by Gasteiger charge is 2.41. The van der Waals surface area contributed by atoms with E-state index in [1.54, 1.807) is 0 Å². The van der Waals surface area contributed by atoms with E-state index in [1.165, 1.54) is 0 Å². The van der Waals surface area contributed by atoms with Crippen LogP contribution >= 0.6 is 24.0 Å². The summed E-state index contributed by atoms with van der Waals surface area (Å²) < 4.78 is 26.9. The number of carbonyl (C=O) groups is 1. The van der Waals surface area contributed by atoms with Crippen molar-refractivity contribution < 1.29 is 13.6 Å². The summed E-state index contributed by atoms with van der Waals surface area (Å²) in [5.74, 6) is -2.05. The fourth-order valence-electron chi connectivity index (χ4n) is 2.06. The van der Waals surface area contributed by atoms with Gasteiger partial charge in [-0.05, 0) is 37.8 Å². The fourth-order valence-corrected chi connectivity index (χ4v) is 2.21. The summed E-state index contributed by atoms with van der Waals surface area (Å²) in [6, 6.07) is 1.60. The molecule has 0 radical (unpaired) electrons. The molecule has 0 aliphatic heterocycles. The highest BCUT2D eigenvalue weighted by Crippen LogP contribution is 2.39. The van der Waals surface area contributed by atoms with Crippen LogP contribution in [0.1, 0.15) is 30.1 Å². The minimum atomic E-state index is -0.848. The fraction of sp³-hybridized carbons (Fsp3) is 0.462. The molecule has 0 heterocycles. The molecule has 0 spiro atoms. The van der Waals surface area contributed by atoms with Crippen LogP contribution in [0.4, 0.5) is 8.78 Å². The van der Waals surface area contributed by atoms with E-state index in [4.69, 9.17) is 17.3 Å². The third-order valence-corrected chi connectivity index (χ3v) is 3.85. The largest absolute Gasteiger partial charge is 0.345 e. The maximum absolute atomic E-state index is 13.6. The third-order valence-electron chi connectivity index (χ3n) is 3.56. The van der Waals surface area contributed by atoms with Gasteiger partial charge in [-0.2, -0.15) is 0 Å². The predicted octanol–water partition coefficient (Wildman–Crippen LogP) is 2.90. The molecule has 2 rings (SSSR count). The van der Waals surface area contributed by atoms with Gasteiger partial charge in [0.25, 0.3) is 5.91 Å². The van der Waals surface area contributed by atoms with Crippen LogP contribution in [0, 0.1) is 17.6 Å². The number of carbonyl (C=O) groups excluding carboxylic acids is 1. The van der Waals surface area contributed by atoms with Crippen LogP contribution in [0.25, 0.3) is 0 Å². The Bertz CT molecular complexity index is 523. The van der Waals surface area contributed by atoms with Gasteiger partial charge in [0, 0.05) is 6.54 Å². The first-order chi connectivity index (χ1) is 8.87. The number of halogens is 4. The standard InChI is InChI=1S/C13H15ClF2N2O.ClH/c1-13(6-17,7-2-3-7)18-12(19)8-4-11(16)9(14)5-10(8)15;/h4-5,7H,2-3,6,17H2,1H3,(H,18,19);1H. The lowest BCUT2D eigenvalue weighted by molar-refractivity contribution is 0.0893. The van der Waals surface area contributed by atoms with Crippen LogP contribution in [0.2, 0.25) is 5.02 Å². The number of rotatable bonds is 4. The second kappa shape index (κ2) is 6.24. The molecule has 1 aliphatic carbocycles. The van der Waals surface area contributed by atoms with Gasteiger partial charge in [0.15, 0.2) is 0 Å². The monoisotopic (exact) mass is 324 g/mol. The van der Waals surface area contributed by atoms with Gasteiger partial charge in [-0.15, -0.1) is 12.4 Å². The number of hydrogen-bond donors (Lipinski definition) is 2. The molecule has 20 heavy (non-hydrogen) atoms. The normalized spacial score (nSPS) is 17.1. The minimum Gasteiger partial charge on any atom is -0.345 e. The Labute approximate surface area is 127 Å². The first kappa shape index (κ1) is 17.1. The number of benzene rings is 1. The van der Waals surface area contributed by atoms with Gasteiger partial charge >= 0.3 is 0 Å². The zero-order valence-corrected chi connectivity index (χ0v) is 12.5. The van der Waals surface area contributed by atoms with E-state index in [0.717, 1.165) is 25.0 Å². The Hall–Kier alpha value is -0.910. The molecule has 0 saturated heterocycles. The lowest BCUT2D eigenvalue weighted by atomic mass is 9.95. The molecule has 112 valence electrons. The molecule has 1 saturated carbocycles. The van der Waals surface area contributed by atoms with Crippen LogP contribution in [-0.2, 0) is 0 Å². The molecule has 1 aromatic rings. The molecule has 1 fully saturated rings.